The van der Waals surface area contributed by atoms with Gasteiger partial charge in [-0.05, 0) is 19.9 Å². The van der Waals surface area contributed by atoms with Gasteiger partial charge in [-0.15, -0.1) is 11.3 Å². The fourth-order valence-corrected chi connectivity index (χ4v) is 4.87. The van der Waals surface area contributed by atoms with Crippen molar-refractivity contribution < 1.29 is 24.4 Å². The van der Waals surface area contributed by atoms with Crippen molar-refractivity contribution in [3.63, 3.8) is 0 Å². The summed E-state index contributed by atoms with van der Waals surface area (Å²) in [6, 6.07) is 1.79. The molecule has 0 radical (unpaired) electrons. The van der Waals surface area contributed by atoms with Crippen molar-refractivity contribution >= 4 is 22.3 Å². The van der Waals surface area contributed by atoms with E-state index in [1.165, 1.54) is 27.4 Å². The van der Waals surface area contributed by atoms with E-state index in [-0.39, 0.29) is 17.8 Å². The van der Waals surface area contributed by atoms with Crippen LogP contribution in [0, 0.1) is 13.8 Å². The van der Waals surface area contributed by atoms with Crippen molar-refractivity contribution in [3.05, 3.63) is 44.8 Å². The van der Waals surface area contributed by atoms with Crippen LogP contribution in [-0.2, 0) is 6.54 Å². The summed E-state index contributed by atoms with van der Waals surface area (Å²) in [6.07, 6.45) is 1.45. The first-order chi connectivity index (χ1) is 14.0. The number of quaternary nitrogens is 2. The molecule has 154 valence electrons. The lowest BCUT2D eigenvalue weighted by Crippen LogP contribution is -3.27. The topological polar surface area (TPSA) is 92.4 Å². The van der Waals surface area contributed by atoms with Gasteiger partial charge in [0.05, 0.1) is 17.6 Å². The maximum Gasteiger partial charge on any atom is 0.202 e. The van der Waals surface area contributed by atoms with E-state index >= 15 is 0 Å². The van der Waals surface area contributed by atoms with Gasteiger partial charge in [-0.2, -0.15) is 0 Å². The maximum absolute atomic E-state index is 13.2. The van der Waals surface area contributed by atoms with Crippen molar-refractivity contribution in [2.45, 2.75) is 20.4 Å². The van der Waals surface area contributed by atoms with Gasteiger partial charge in [0, 0.05) is 22.2 Å². The van der Waals surface area contributed by atoms with Gasteiger partial charge in [0.1, 0.15) is 61.9 Å². The number of piperazine rings is 1. The Labute approximate surface area is 172 Å². The Morgan fingerprint density at radius 1 is 1.21 bits per heavy atom. The highest BCUT2D eigenvalue weighted by atomic mass is 32.1. The van der Waals surface area contributed by atoms with E-state index in [1.54, 1.807) is 13.0 Å². The predicted molar refractivity (Wildman–Crippen MR) is 112 cm³/mol. The Morgan fingerprint density at radius 3 is 2.59 bits per heavy atom. The number of aryl methyl sites for hydroxylation is 2. The standard InChI is InChI=1S/C21H25N3O4S/c1-13-12-29-21(22-13)17-11-28-20-14(2)18(26)15(9-16(20)19(17)27)10-24-5-3-23(4-6-24)7-8-25/h9,11-12,25-26H,3-8,10H2,1-2H3/p+2. The van der Waals surface area contributed by atoms with Crippen LogP contribution in [0.25, 0.3) is 21.5 Å². The number of aliphatic hydroxyl groups excluding tert-OH is 1. The molecule has 1 aliphatic rings. The fraction of sp³-hybridized carbons (Fsp3) is 0.429. The van der Waals surface area contributed by atoms with Gasteiger partial charge in [-0.1, -0.05) is 0 Å². The Balaban J connectivity index is 1.67. The predicted octanol–water partition coefficient (Wildman–Crippen LogP) is -0.485. The first kappa shape index (κ1) is 20.0. The molecule has 4 rings (SSSR count). The highest BCUT2D eigenvalue weighted by molar-refractivity contribution is 7.13. The van der Waals surface area contributed by atoms with E-state index < -0.39 is 0 Å². The van der Waals surface area contributed by atoms with Crippen LogP contribution in [0.15, 0.2) is 26.9 Å². The van der Waals surface area contributed by atoms with Crippen LogP contribution in [0.2, 0.25) is 0 Å². The molecule has 0 unspecified atom stereocenters. The number of phenols is 1. The number of nitrogens with zero attached hydrogens (tertiary/aromatic N) is 1. The summed E-state index contributed by atoms with van der Waals surface area (Å²) in [5, 5.41) is 22.9. The molecule has 29 heavy (non-hydrogen) atoms. The molecule has 1 fully saturated rings. The normalized spacial score (nSPS) is 19.7. The number of hydrogen-bond acceptors (Lipinski definition) is 6. The molecule has 1 saturated heterocycles. The molecule has 0 atom stereocenters. The first-order valence-electron chi connectivity index (χ1n) is 9.95. The lowest BCUT2D eigenvalue weighted by molar-refractivity contribution is -1.02. The number of thiazole rings is 1. The van der Waals surface area contributed by atoms with Crippen LogP contribution >= 0.6 is 11.3 Å². The van der Waals surface area contributed by atoms with E-state index in [9.17, 15) is 9.90 Å². The summed E-state index contributed by atoms with van der Waals surface area (Å²) in [6.45, 7) is 9.29. The highest BCUT2D eigenvalue weighted by Gasteiger charge is 2.25. The molecule has 1 aliphatic heterocycles. The van der Waals surface area contributed by atoms with E-state index in [1.807, 2.05) is 12.3 Å². The summed E-state index contributed by atoms with van der Waals surface area (Å²) < 4.78 is 5.76. The Hall–Kier alpha value is -2.26. The second-order valence-corrected chi connectivity index (χ2v) is 8.67. The van der Waals surface area contributed by atoms with Gasteiger partial charge in [-0.25, -0.2) is 4.98 Å². The molecule has 8 heteroatoms. The lowest BCUT2D eigenvalue weighted by Gasteiger charge is -2.29. The molecule has 0 aliphatic carbocycles. The molecule has 0 bridgehead atoms. The van der Waals surface area contributed by atoms with Crippen LogP contribution in [-0.4, -0.2) is 54.5 Å². The minimum Gasteiger partial charge on any atom is -0.507 e. The number of nitrogens with one attached hydrogen (secondary N) is 2. The van der Waals surface area contributed by atoms with Crippen LogP contribution in [0.4, 0.5) is 0 Å². The molecule has 0 saturated carbocycles. The van der Waals surface area contributed by atoms with Crippen LogP contribution in [0.3, 0.4) is 0 Å². The average molecular weight is 418 g/mol. The van der Waals surface area contributed by atoms with Gasteiger partial charge in [-0.3, -0.25) is 4.79 Å². The third kappa shape index (κ3) is 3.93. The summed E-state index contributed by atoms with van der Waals surface area (Å²) >= 11 is 1.42. The summed E-state index contributed by atoms with van der Waals surface area (Å²) in [4.78, 5) is 20.4. The second-order valence-electron chi connectivity index (χ2n) is 7.81. The minimum absolute atomic E-state index is 0.114. The van der Waals surface area contributed by atoms with Crippen molar-refractivity contribution in [3.8, 4) is 16.3 Å². The van der Waals surface area contributed by atoms with Gasteiger partial charge in [0.25, 0.3) is 0 Å². The second kappa shape index (κ2) is 8.23. The first-order valence-corrected chi connectivity index (χ1v) is 10.8. The number of phenolic OH excluding ortho intramolecular Hbond substituents is 1. The molecular formula is C21H27N3O4S+2. The Kier molecular flexibility index (Phi) is 5.69. The fourth-order valence-electron chi connectivity index (χ4n) is 4.07. The van der Waals surface area contributed by atoms with Crippen LogP contribution < -0.4 is 15.2 Å². The summed E-state index contributed by atoms with van der Waals surface area (Å²) in [5.41, 5.74) is 3.02. The molecule has 1 aromatic carbocycles. The van der Waals surface area contributed by atoms with E-state index in [0.29, 0.717) is 33.6 Å². The number of fused-ring (bicyclic) bond motifs is 1. The highest BCUT2D eigenvalue weighted by Crippen LogP contribution is 2.31. The Bertz CT molecular complexity index is 1080. The molecule has 4 N–H and O–H groups in total. The van der Waals surface area contributed by atoms with Crippen molar-refractivity contribution in [2.24, 2.45) is 0 Å². The van der Waals surface area contributed by atoms with Crippen molar-refractivity contribution in [1.82, 2.24) is 4.98 Å². The molecule has 3 heterocycles. The molecule has 3 aromatic rings. The van der Waals surface area contributed by atoms with Crippen LogP contribution in [0.1, 0.15) is 16.8 Å². The molecule has 2 aromatic heterocycles. The SMILES string of the molecule is Cc1csc(-c2coc3c(C)c(O)c(C[NH+]4CC[NH+](CCO)CC4)cc3c2=O)n1. The Morgan fingerprint density at radius 2 is 1.93 bits per heavy atom. The summed E-state index contributed by atoms with van der Waals surface area (Å²) in [7, 11) is 0. The third-order valence-corrected chi connectivity index (χ3v) is 6.76. The van der Waals surface area contributed by atoms with Crippen molar-refractivity contribution in [1.29, 1.82) is 0 Å². The number of hydrogen-bond donors (Lipinski definition) is 4. The number of aromatic hydroxyl groups is 1. The zero-order chi connectivity index (χ0) is 20.5. The number of aliphatic hydroxyl groups is 1. The average Bonchev–Trinajstić information content (AvgIpc) is 3.14. The number of benzene rings is 1. The number of rotatable bonds is 5. The third-order valence-electron chi connectivity index (χ3n) is 5.77. The molecule has 0 spiro atoms. The van der Waals surface area contributed by atoms with Gasteiger partial charge in [0.15, 0.2) is 0 Å². The zero-order valence-corrected chi connectivity index (χ0v) is 17.6. The monoisotopic (exact) mass is 417 g/mol. The lowest BCUT2D eigenvalue weighted by atomic mass is 10.0. The molecule has 0 amide bonds. The largest absolute Gasteiger partial charge is 0.507 e. The van der Waals surface area contributed by atoms with E-state index in [2.05, 4.69) is 4.98 Å². The van der Waals surface area contributed by atoms with Gasteiger partial charge in [0.2, 0.25) is 5.43 Å². The van der Waals surface area contributed by atoms with Crippen LogP contribution in [0.5, 0.6) is 5.75 Å². The minimum atomic E-state index is -0.114. The molecule has 7 nitrogen and oxygen atoms in total. The van der Waals surface area contributed by atoms with E-state index in [4.69, 9.17) is 9.52 Å². The summed E-state index contributed by atoms with van der Waals surface area (Å²) in [5.74, 6) is 0.205. The zero-order valence-electron chi connectivity index (χ0n) is 16.7. The van der Waals surface area contributed by atoms with E-state index in [0.717, 1.165) is 44.0 Å². The quantitative estimate of drug-likeness (QED) is 0.450. The maximum atomic E-state index is 13.2. The van der Waals surface area contributed by atoms with Crippen molar-refractivity contribution in [2.75, 3.05) is 39.3 Å². The van der Waals surface area contributed by atoms with Gasteiger partial charge < -0.3 is 24.4 Å². The number of aromatic nitrogens is 1. The van der Waals surface area contributed by atoms with Gasteiger partial charge >= 0.3 is 0 Å². The molecular weight excluding hydrogens is 390 g/mol. The smallest absolute Gasteiger partial charge is 0.202 e.